The van der Waals surface area contributed by atoms with E-state index < -0.39 is 55.5 Å². The molecule has 1 fully saturated rings. The number of hydrogen-bond donors (Lipinski definition) is 4. The molecule has 5 N–H and O–H groups in total. The van der Waals surface area contributed by atoms with Crippen molar-refractivity contribution in [3.63, 3.8) is 0 Å². The van der Waals surface area contributed by atoms with Crippen molar-refractivity contribution < 1.29 is 33.6 Å². The second kappa shape index (κ2) is 10.8. The van der Waals surface area contributed by atoms with E-state index in [1.165, 1.54) is 18.2 Å². The van der Waals surface area contributed by atoms with E-state index in [0.717, 1.165) is 0 Å². The molecule has 2 rings (SSSR count). The van der Waals surface area contributed by atoms with Crippen molar-refractivity contribution in [2.75, 3.05) is 6.54 Å². The summed E-state index contributed by atoms with van der Waals surface area (Å²) >= 11 is 11.8. The molecule has 1 aliphatic heterocycles. The molecule has 0 radical (unpaired) electrons. The molecule has 1 saturated heterocycles. The molecule has 0 aromatic heterocycles. The summed E-state index contributed by atoms with van der Waals surface area (Å²) in [5.41, 5.74) is 5.61. The first-order valence-electron chi connectivity index (χ1n) is 9.36. The molecule has 31 heavy (non-hydrogen) atoms. The number of carbonyl (C=O) groups is 4. The maximum absolute atomic E-state index is 12.4. The topological polar surface area (TPSA) is 157 Å². The second-order valence-corrected chi connectivity index (χ2v) is 8.18. The van der Waals surface area contributed by atoms with Crippen LogP contribution in [0.3, 0.4) is 0 Å². The van der Waals surface area contributed by atoms with Gasteiger partial charge >= 0.3 is 19.1 Å². The number of halogens is 2. The third-order valence-corrected chi connectivity index (χ3v) is 4.90. The summed E-state index contributed by atoms with van der Waals surface area (Å²) in [5, 5.41) is 14.7. The van der Waals surface area contributed by atoms with Crippen molar-refractivity contribution in [3.8, 4) is 0 Å². The molecular weight excluding hydrogens is 452 g/mol. The Balaban J connectivity index is 2.04. The zero-order valence-corrected chi connectivity index (χ0v) is 18.3. The third kappa shape index (κ3) is 6.83. The average molecular weight is 474 g/mol. The van der Waals surface area contributed by atoms with Crippen LogP contribution in [0, 0.1) is 5.92 Å². The van der Waals surface area contributed by atoms with E-state index in [0.29, 0.717) is 11.4 Å². The predicted molar refractivity (Wildman–Crippen MR) is 113 cm³/mol. The van der Waals surface area contributed by atoms with E-state index in [-0.39, 0.29) is 16.5 Å². The summed E-state index contributed by atoms with van der Waals surface area (Å²) in [6.45, 7) is 3.29. The van der Waals surface area contributed by atoms with E-state index in [1.54, 1.807) is 0 Å². The number of hydrogen-bond acceptors (Lipinski definition) is 7. The van der Waals surface area contributed by atoms with Crippen molar-refractivity contribution in [1.82, 2.24) is 10.6 Å². The highest BCUT2D eigenvalue weighted by Gasteiger charge is 2.48. The maximum Gasteiger partial charge on any atom is 0.552 e. The molecule has 1 aromatic rings. The number of carbonyl (C=O) groups excluding carboxylic acids is 3. The molecule has 0 spiro atoms. The molecule has 2 amide bonds. The monoisotopic (exact) mass is 473 g/mol. The summed E-state index contributed by atoms with van der Waals surface area (Å²) in [6, 6.07) is 2.86. The average Bonchev–Trinajstić information content (AvgIpc) is 2.68. The van der Waals surface area contributed by atoms with Gasteiger partial charge in [0, 0.05) is 5.02 Å². The highest BCUT2D eigenvalue weighted by molar-refractivity contribution is 6.50. The molecule has 10 nitrogen and oxygen atoms in total. The van der Waals surface area contributed by atoms with E-state index in [2.05, 4.69) is 10.6 Å². The lowest BCUT2D eigenvalue weighted by atomic mass is 9.72. The van der Waals surface area contributed by atoms with Crippen LogP contribution < -0.4 is 16.4 Å². The van der Waals surface area contributed by atoms with Gasteiger partial charge in [0.2, 0.25) is 5.91 Å². The molecule has 0 saturated carbocycles. The first-order valence-corrected chi connectivity index (χ1v) is 10.1. The minimum atomic E-state index is -1.61. The number of amides is 2. The number of carboxylic acids is 1. The van der Waals surface area contributed by atoms with Crippen molar-refractivity contribution >= 4 is 54.1 Å². The molecule has 0 unspecified atom stereocenters. The number of nitrogens with one attached hydrogen (secondary N) is 2. The fourth-order valence-electron chi connectivity index (χ4n) is 2.89. The van der Waals surface area contributed by atoms with Gasteiger partial charge in [-0.1, -0.05) is 37.0 Å². The molecular formula is C18H22BCl2N3O7. The zero-order chi connectivity index (χ0) is 23.3. The SMILES string of the molecule is CC(C)C[C@H](NC(=O)CNC(=O)c1cc(Cl)ccc1Cl)B1OC(=O)[C@H](N)[C@H](C(=O)O)O1. The standard InChI is InChI=1S/C18H22BCl2N3O7/c1-8(2)5-12(19-30-15(17(27)28)14(22)18(29)31-19)24-13(25)7-23-16(26)10-6-9(20)3-4-11(10)21/h3-4,6,8,12,14-15H,5,7,22H2,1-2H3,(H,23,26)(H,24,25)(H,27,28)/t12-,14+,15+/m0/s1. The molecule has 1 heterocycles. The van der Waals surface area contributed by atoms with E-state index in [4.69, 9.17) is 38.2 Å². The molecule has 0 bridgehead atoms. The summed E-state index contributed by atoms with van der Waals surface area (Å²) in [6.07, 6.45) is -1.30. The van der Waals surface area contributed by atoms with Crippen LogP contribution in [-0.4, -0.2) is 60.6 Å². The lowest BCUT2D eigenvalue weighted by Gasteiger charge is -2.33. The van der Waals surface area contributed by atoms with E-state index in [9.17, 15) is 24.3 Å². The summed E-state index contributed by atoms with van der Waals surface area (Å²) in [5.74, 6) is -4.42. The Morgan fingerprint density at radius 2 is 1.97 bits per heavy atom. The van der Waals surface area contributed by atoms with Crippen molar-refractivity contribution in [3.05, 3.63) is 33.8 Å². The fraction of sp³-hybridized carbons (Fsp3) is 0.444. The van der Waals surface area contributed by atoms with E-state index in [1.807, 2.05) is 13.8 Å². The van der Waals surface area contributed by atoms with Crippen LogP contribution in [0.2, 0.25) is 10.0 Å². The van der Waals surface area contributed by atoms with Gasteiger partial charge in [0.1, 0.15) is 6.04 Å². The Morgan fingerprint density at radius 1 is 1.29 bits per heavy atom. The molecule has 0 aliphatic carbocycles. The third-order valence-electron chi connectivity index (χ3n) is 4.34. The lowest BCUT2D eigenvalue weighted by Crippen LogP contribution is -2.63. The normalized spacial score (nSPS) is 19.5. The van der Waals surface area contributed by atoms with Gasteiger partial charge in [-0.15, -0.1) is 0 Å². The van der Waals surface area contributed by atoms with E-state index >= 15 is 0 Å². The van der Waals surface area contributed by atoms with Crippen LogP contribution in [0.4, 0.5) is 0 Å². The minimum absolute atomic E-state index is 0.0336. The van der Waals surface area contributed by atoms with Crippen LogP contribution in [0.5, 0.6) is 0 Å². The summed E-state index contributed by atoms with van der Waals surface area (Å²) < 4.78 is 10.4. The van der Waals surface area contributed by atoms with Gasteiger partial charge in [-0.05, 0) is 30.5 Å². The van der Waals surface area contributed by atoms with Crippen LogP contribution in [-0.2, 0) is 23.7 Å². The van der Waals surface area contributed by atoms with Gasteiger partial charge in [-0.3, -0.25) is 14.4 Å². The minimum Gasteiger partial charge on any atom is -0.507 e. The van der Waals surface area contributed by atoms with Crippen LogP contribution in [0.1, 0.15) is 30.6 Å². The Kier molecular flexibility index (Phi) is 8.69. The van der Waals surface area contributed by atoms with Crippen molar-refractivity contribution in [2.45, 2.75) is 38.4 Å². The van der Waals surface area contributed by atoms with Crippen LogP contribution in [0.25, 0.3) is 0 Å². The molecule has 1 aromatic carbocycles. The number of benzene rings is 1. The van der Waals surface area contributed by atoms with Gasteiger partial charge in [-0.25, -0.2) is 4.79 Å². The zero-order valence-electron chi connectivity index (χ0n) is 16.8. The smallest absolute Gasteiger partial charge is 0.507 e. The predicted octanol–water partition coefficient (Wildman–Crippen LogP) is 0.635. The summed E-state index contributed by atoms with van der Waals surface area (Å²) in [7, 11) is -1.35. The largest absolute Gasteiger partial charge is 0.552 e. The lowest BCUT2D eigenvalue weighted by molar-refractivity contribution is -0.159. The fourth-order valence-corrected chi connectivity index (χ4v) is 3.27. The first kappa shape index (κ1) is 24.9. The maximum atomic E-state index is 12.4. The highest BCUT2D eigenvalue weighted by Crippen LogP contribution is 2.20. The molecule has 13 heteroatoms. The molecule has 1 aliphatic rings. The number of rotatable bonds is 8. The first-order chi connectivity index (χ1) is 14.5. The Morgan fingerprint density at radius 3 is 2.58 bits per heavy atom. The second-order valence-electron chi connectivity index (χ2n) is 7.34. The quantitative estimate of drug-likeness (QED) is 0.400. The number of carboxylic acid groups (broad SMARTS) is 1. The Hall–Kier alpha value is -2.34. The molecule has 3 atom stereocenters. The number of aliphatic carboxylic acids is 1. The highest BCUT2D eigenvalue weighted by atomic mass is 35.5. The van der Waals surface area contributed by atoms with Gasteiger partial charge < -0.3 is 30.8 Å². The van der Waals surface area contributed by atoms with Crippen molar-refractivity contribution in [2.24, 2.45) is 11.7 Å². The Labute approximate surface area is 188 Å². The van der Waals surface area contributed by atoms with Crippen LogP contribution in [0.15, 0.2) is 18.2 Å². The van der Waals surface area contributed by atoms with Gasteiger partial charge in [0.05, 0.1) is 23.1 Å². The van der Waals surface area contributed by atoms with Crippen molar-refractivity contribution in [1.29, 1.82) is 0 Å². The summed E-state index contributed by atoms with van der Waals surface area (Å²) in [4.78, 5) is 47.9. The van der Waals surface area contributed by atoms with Gasteiger partial charge in [0.25, 0.3) is 5.91 Å². The molecule has 168 valence electrons. The van der Waals surface area contributed by atoms with Gasteiger partial charge in [0.15, 0.2) is 6.10 Å². The van der Waals surface area contributed by atoms with Crippen LogP contribution >= 0.6 is 23.2 Å². The van der Waals surface area contributed by atoms with Gasteiger partial charge in [-0.2, -0.15) is 0 Å². The Bertz CT molecular complexity index is 871. The number of nitrogens with two attached hydrogens (primary N) is 1.